The van der Waals surface area contributed by atoms with Crippen LogP contribution in [0.5, 0.6) is 0 Å². The molecule has 1 atom stereocenters. The van der Waals surface area contributed by atoms with Gasteiger partial charge in [0.2, 0.25) is 5.91 Å². The highest BCUT2D eigenvalue weighted by Gasteiger charge is 2.26. The van der Waals surface area contributed by atoms with Crippen LogP contribution in [0.4, 0.5) is 5.69 Å². The SMILES string of the molecule is C=CCn1c(SCC(=O)Nc2ccc(I)cc2C)nnc1[C@@H](NC(=O)c1ccc(C)cc1)C(C)C. The lowest BCUT2D eigenvalue weighted by Crippen LogP contribution is -2.33. The molecule has 2 aromatic carbocycles. The van der Waals surface area contributed by atoms with E-state index in [0.717, 1.165) is 20.4 Å². The van der Waals surface area contributed by atoms with Gasteiger partial charge in [0.1, 0.15) is 0 Å². The molecule has 35 heavy (non-hydrogen) atoms. The molecule has 0 aliphatic rings. The Bertz CT molecular complexity index is 1210. The predicted molar refractivity (Wildman–Crippen MR) is 150 cm³/mol. The van der Waals surface area contributed by atoms with E-state index < -0.39 is 0 Å². The van der Waals surface area contributed by atoms with E-state index in [2.05, 4.69) is 50.0 Å². The molecule has 2 amide bonds. The second-order valence-corrected chi connectivity index (χ2v) is 10.8. The van der Waals surface area contributed by atoms with Gasteiger partial charge in [0.15, 0.2) is 11.0 Å². The number of nitrogens with one attached hydrogen (secondary N) is 2. The second kappa shape index (κ2) is 12.3. The highest BCUT2D eigenvalue weighted by atomic mass is 127. The Hall–Kier alpha value is -2.66. The third-order valence-electron chi connectivity index (χ3n) is 5.40. The van der Waals surface area contributed by atoms with Crippen molar-refractivity contribution >= 4 is 51.9 Å². The number of hydrogen-bond donors (Lipinski definition) is 2. The topological polar surface area (TPSA) is 88.9 Å². The Morgan fingerprint density at radius 1 is 1.14 bits per heavy atom. The molecule has 3 aromatic rings. The van der Waals surface area contributed by atoms with Gasteiger partial charge in [-0.15, -0.1) is 16.8 Å². The van der Waals surface area contributed by atoms with Crippen molar-refractivity contribution in [2.24, 2.45) is 5.92 Å². The van der Waals surface area contributed by atoms with Crippen molar-refractivity contribution in [2.45, 2.75) is 45.4 Å². The molecule has 1 aromatic heterocycles. The van der Waals surface area contributed by atoms with Crippen LogP contribution >= 0.6 is 34.4 Å². The number of anilines is 1. The zero-order valence-electron chi connectivity index (χ0n) is 20.3. The number of thioether (sulfide) groups is 1. The molecule has 3 rings (SSSR count). The van der Waals surface area contributed by atoms with Gasteiger partial charge in [-0.1, -0.05) is 49.4 Å². The van der Waals surface area contributed by atoms with E-state index in [0.29, 0.717) is 23.1 Å². The minimum Gasteiger partial charge on any atom is -0.342 e. The van der Waals surface area contributed by atoms with E-state index in [-0.39, 0.29) is 29.5 Å². The van der Waals surface area contributed by atoms with Crippen LogP contribution in [0, 0.1) is 23.3 Å². The van der Waals surface area contributed by atoms with Crippen LogP contribution in [-0.2, 0) is 11.3 Å². The molecular formula is C26H30IN5O2S. The Morgan fingerprint density at radius 3 is 2.49 bits per heavy atom. The molecule has 0 aliphatic heterocycles. The van der Waals surface area contributed by atoms with Gasteiger partial charge in [-0.2, -0.15) is 0 Å². The number of rotatable bonds is 10. The molecule has 0 spiro atoms. The van der Waals surface area contributed by atoms with Crippen LogP contribution in [0.3, 0.4) is 0 Å². The summed E-state index contributed by atoms with van der Waals surface area (Å²) in [5, 5.41) is 15.4. The molecule has 0 aliphatic carbocycles. The van der Waals surface area contributed by atoms with E-state index in [1.807, 2.05) is 74.7 Å². The summed E-state index contributed by atoms with van der Waals surface area (Å²) in [6.45, 7) is 12.3. The number of carbonyl (C=O) groups excluding carboxylic acids is 2. The van der Waals surface area contributed by atoms with Gasteiger partial charge in [-0.25, -0.2) is 0 Å². The zero-order chi connectivity index (χ0) is 25.5. The van der Waals surface area contributed by atoms with Gasteiger partial charge in [-0.05, 0) is 78.3 Å². The van der Waals surface area contributed by atoms with Gasteiger partial charge < -0.3 is 15.2 Å². The first-order chi connectivity index (χ1) is 16.7. The largest absolute Gasteiger partial charge is 0.342 e. The summed E-state index contributed by atoms with van der Waals surface area (Å²) in [5.41, 5.74) is 3.49. The zero-order valence-corrected chi connectivity index (χ0v) is 23.3. The number of carbonyl (C=O) groups is 2. The molecule has 1 heterocycles. The van der Waals surface area contributed by atoms with E-state index in [4.69, 9.17) is 0 Å². The van der Waals surface area contributed by atoms with Crippen LogP contribution in [0.1, 0.15) is 47.2 Å². The summed E-state index contributed by atoms with van der Waals surface area (Å²) < 4.78 is 3.02. The number of allylic oxidation sites excluding steroid dienone is 1. The number of hydrogen-bond acceptors (Lipinski definition) is 5. The average Bonchev–Trinajstić information content (AvgIpc) is 3.20. The van der Waals surface area contributed by atoms with E-state index in [1.165, 1.54) is 11.8 Å². The highest BCUT2D eigenvalue weighted by molar-refractivity contribution is 14.1. The van der Waals surface area contributed by atoms with E-state index >= 15 is 0 Å². The smallest absolute Gasteiger partial charge is 0.251 e. The lowest BCUT2D eigenvalue weighted by molar-refractivity contribution is -0.113. The van der Waals surface area contributed by atoms with Crippen molar-refractivity contribution in [3.63, 3.8) is 0 Å². The Morgan fingerprint density at radius 2 is 1.86 bits per heavy atom. The quantitative estimate of drug-likeness (QED) is 0.181. The maximum Gasteiger partial charge on any atom is 0.251 e. The van der Waals surface area contributed by atoms with Gasteiger partial charge in [0.25, 0.3) is 5.91 Å². The van der Waals surface area contributed by atoms with Crippen LogP contribution in [0.15, 0.2) is 60.3 Å². The molecule has 0 saturated carbocycles. The minimum absolute atomic E-state index is 0.0714. The molecule has 0 fully saturated rings. The first-order valence-corrected chi connectivity index (χ1v) is 13.4. The summed E-state index contributed by atoms with van der Waals surface area (Å²) in [4.78, 5) is 25.5. The van der Waals surface area contributed by atoms with Gasteiger partial charge in [0.05, 0.1) is 11.8 Å². The molecular weight excluding hydrogens is 573 g/mol. The Balaban J connectivity index is 1.75. The average molecular weight is 604 g/mol. The minimum atomic E-state index is -0.353. The number of amides is 2. The highest BCUT2D eigenvalue weighted by Crippen LogP contribution is 2.26. The molecule has 2 N–H and O–H groups in total. The number of nitrogens with zero attached hydrogens (tertiary/aromatic N) is 3. The number of halogens is 1. The molecule has 9 heteroatoms. The fraction of sp³-hybridized carbons (Fsp3) is 0.308. The first-order valence-electron chi connectivity index (χ1n) is 11.3. The van der Waals surface area contributed by atoms with Crippen molar-refractivity contribution in [1.82, 2.24) is 20.1 Å². The van der Waals surface area contributed by atoms with Crippen molar-refractivity contribution in [1.29, 1.82) is 0 Å². The fourth-order valence-corrected chi connectivity index (χ4v) is 4.88. The molecule has 7 nitrogen and oxygen atoms in total. The Kier molecular flexibility index (Phi) is 9.50. The monoisotopic (exact) mass is 603 g/mol. The van der Waals surface area contributed by atoms with Crippen LogP contribution < -0.4 is 10.6 Å². The molecule has 0 radical (unpaired) electrons. The van der Waals surface area contributed by atoms with Crippen molar-refractivity contribution in [3.8, 4) is 0 Å². The summed E-state index contributed by atoms with van der Waals surface area (Å²) >= 11 is 3.55. The van der Waals surface area contributed by atoms with Crippen LogP contribution in [0.25, 0.3) is 0 Å². The van der Waals surface area contributed by atoms with Crippen molar-refractivity contribution in [2.75, 3.05) is 11.1 Å². The van der Waals surface area contributed by atoms with Crippen LogP contribution in [0.2, 0.25) is 0 Å². The van der Waals surface area contributed by atoms with Gasteiger partial charge in [-0.3, -0.25) is 9.59 Å². The predicted octanol–water partition coefficient (Wildman–Crippen LogP) is 5.54. The molecule has 184 valence electrons. The summed E-state index contributed by atoms with van der Waals surface area (Å²) in [6, 6.07) is 13.0. The molecule has 0 unspecified atom stereocenters. The standard InChI is InChI=1S/C26H30IN5O2S/c1-6-13-32-24(23(16(2)3)29-25(34)19-9-7-17(4)8-10-19)30-31-26(32)35-15-22(33)28-21-12-11-20(27)14-18(21)5/h6-12,14,16,23H,1,13,15H2,2-5H3,(H,28,33)(H,29,34)/t23-/m0/s1. The Labute approximate surface area is 224 Å². The molecule has 0 saturated heterocycles. The summed E-state index contributed by atoms with van der Waals surface area (Å²) in [5.74, 6) is 0.599. The summed E-state index contributed by atoms with van der Waals surface area (Å²) in [6.07, 6.45) is 1.76. The number of aromatic nitrogens is 3. The van der Waals surface area contributed by atoms with E-state index in [1.54, 1.807) is 6.08 Å². The second-order valence-electron chi connectivity index (χ2n) is 8.60. The van der Waals surface area contributed by atoms with Gasteiger partial charge in [0, 0.05) is 21.4 Å². The van der Waals surface area contributed by atoms with Crippen molar-refractivity contribution < 1.29 is 9.59 Å². The maximum atomic E-state index is 12.9. The summed E-state index contributed by atoms with van der Waals surface area (Å²) in [7, 11) is 0. The lowest BCUT2D eigenvalue weighted by Gasteiger charge is -2.22. The number of aryl methyl sites for hydroxylation is 2. The van der Waals surface area contributed by atoms with Crippen LogP contribution in [-0.4, -0.2) is 32.3 Å². The van der Waals surface area contributed by atoms with Gasteiger partial charge >= 0.3 is 0 Å². The third kappa shape index (κ3) is 7.17. The third-order valence-corrected chi connectivity index (χ3v) is 7.03. The number of benzene rings is 2. The first kappa shape index (κ1) is 26.9. The van der Waals surface area contributed by atoms with Crippen molar-refractivity contribution in [3.05, 3.63) is 81.2 Å². The fourth-order valence-electron chi connectivity index (χ4n) is 3.48. The maximum absolute atomic E-state index is 12.9. The van der Waals surface area contributed by atoms with E-state index in [9.17, 15) is 9.59 Å². The molecule has 0 bridgehead atoms. The lowest BCUT2D eigenvalue weighted by atomic mass is 10.0. The normalized spacial score (nSPS) is 11.8.